The first-order chi connectivity index (χ1) is 12.2. The Kier molecular flexibility index (Phi) is 4.48. The van der Waals surface area contributed by atoms with Gasteiger partial charge in [-0.2, -0.15) is 4.98 Å². The Hall–Kier alpha value is -2.29. The Morgan fingerprint density at radius 1 is 1.12 bits per heavy atom. The van der Waals surface area contributed by atoms with Gasteiger partial charge in [-0.1, -0.05) is 5.16 Å². The molecule has 2 aliphatic heterocycles. The van der Waals surface area contributed by atoms with Crippen molar-refractivity contribution in [3.05, 3.63) is 23.4 Å². The third-order valence-electron chi connectivity index (χ3n) is 4.83. The van der Waals surface area contributed by atoms with Crippen LogP contribution >= 0.6 is 0 Å². The molecule has 0 bridgehead atoms. The molecule has 4 heterocycles. The summed E-state index contributed by atoms with van der Waals surface area (Å²) in [4.78, 5) is 20.9. The number of amides is 1. The van der Waals surface area contributed by atoms with Crippen LogP contribution in [0.3, 0.4) is 0 Å². The largest absolute Gasteiger partial charge is 0.339 e. The van der Waals surface area contributed by atoms with E-state index in [-0.39, 0.29) is 12.3 Å². The van der Waals surface area contributed by atoms with Gasteiger partial charge in [-0.05, 0) is 39.3 Å². The number of aryl methyl sites for hydroxylation is 1. The molecule has 0 unspecified atom stereocenters. The zero-order valence-corrected chi connectivity index (χ0v) is 14.5. The molecule has 0 aliphatic carbocycles. The summed E-state index contributed by atoms with van der Waals surface area (Å²) in [6, 6.07) is 0. The zero-order valence-electron chi connectivity index (χ0n) is 14.5. The smallest absolute Gasteiger partial charge is 0.236 e. The summed E-state index contributed by atoms with van der Waals surface area (Å²) in [5.41, 5.74) is 0. The maximum atomic E-state index is 12.6. The molecule has 4 rings (SSSR count). The van der Waals surface area contributed by atoms with Crippen molar-refractivity contribution < 1.29 is 9.32 Å². The second-order valence-electron chi connectivity index (χ2n) is 6.75. The molecule has 0 saturated carbocycles. The third-order valence-corrected chi connectivity index (χ3v) is 4.83. The van der Waals surface area contributed by atoms with E-state index in [0.717, 1.165) is 44.2 Å². The molecule has 1 saturated heterocycles. The quantitative estimate of drug-likeness (QED) is 0.798. The van der Waals surface area contributed by atoms with E-state index in [2.05, 4.69) is 29.8 Å². The van der Waals surface area contributed by atoms with Gasteiger partial charge in [0.15, 0.2) is 11.6 Å². The fourth-order valence-electron chi connectivity index (χ4n) is 3.54. The normalized spacial score (nSPS) is 18.4. The van der Waals surface area contributed by atoms with Gasteiger partial charge >= 0.3 is 0 Å². The minimum absolute atomic E-state index is 0.0128. The Morgan fingerprint density at radius 2 is 1.96 bits per heavy atom. The highest BCUT2D eigenvalue weighted by atomic mass is 16.5. The maximum absolute atomic E-state index is 12.6. The monoisotopic (exact) mass is 345 g/mol. The highest BCUT2D eigenvalue weighted by Gasteiger charge is 2.25. The van der Waals surface area contributed by atoms with Crippen molar-refractivity contribution in [3.63, 3.8) is 0 Å². The molecule has 0 spiro atoms. The van der Waals surface area contributed by atoms with Gasteiger partial charge < -0.3 is 14.0 Å². The average molecular weight is 345 g/mol. The number of aromatic nitrogens is 5. The van der Waals surface area contributed by atoms with Crippen molar-refractivity contribution in [2.75, 3.05) is 19.6 Å². The number of rotatable bonds is 4. The van der Waals surface area contributed by atoms with Crippen LogP contribution in [-0.2, 0) is 30.8 Å². The Morgan fingerprint density at radius 3 is 2.72 bits per heavy atom. The highest BCUT2D eigenvalue weighted by Crippen LogP contribution is 2.17. The van der Waals surface area contributed by atoms with Gasteiger partial charge in [-0.25, -0.2) is 0 Å². The number of fused-ring (bicyclic) bond motifs is 1. The average Bonchev–Trinajstić information content (AvgIpc) is 3.29. The summed E-state index contributed by atoms with van der Waals surface area (Å²) in [5.74, 6) is 2.77. The molecule has 1 fully saturated rings. The minimum Gasteiger partial charge on any atom is -0.339 e. The van der Waals surface area contributed by atoms with Gasteiger partial charge in [0.25, 0.3) is 0 Å². The number of likely N-dealkylation sites (tertiary alicyclic amines) is 1. The maximum Gasteiger partial charge on any atom is 0.236 e. The molecular weight excluding hydrogens is 322 g/mol. The number of hydrogen-bond acceptors (Lipinski definition) is 7. The Bertz CT molecular complexity index is 748. The first-order valence-corrected chi connectivity index (χ1v) is 8.89. The highest BCUT2D eigenvalue weighted by molar-refractivity contribution is 5.77. The van der Waals surface area contributed by atoms with E-state index in [1.807, 2.05) is 4.90 Å². The van der Waals surface area contributed by atoms with Gasteiger partial charge in [0.1, 0.15) is 12.2 Å². The van der Waals surface area contributed by atoms with Gasteiger partial charge in [0, 0.05) is 13.1 Å². The number of nitrogens with zero attached hydrogens (tertiary/aromatic N) is 7. The predicted molar refractivity (Wildman–Crippen MR) is 87.3 cm³/mol. The molecule has 0 N–H and O–H groups in total. The van der Waals surface area contributed by atoms with Crippen LogP contribution in [0.1, 0.15) is 42.6 Å². The predicted octanol–water partition coefficient (Wildman–Crippen LogP) is 0.540. The lowest BCUT2D eigenvalue weighted by molar-refractivity contribution is -0.131. The van der Waals surface area contributed by atoms with Crippen molar-refractivity contribution in [3.8, 4) is 0 Å². The van der Waals surface area contributed by atoms with Crippen LogP contribution < -0.4 is 0 Å². The molecule has 134 valence electrons. The van der Waals surface area contributed by atoms with E-state index in [1.54, 1.807) is 6.92 Å². The molecular formula is C16H23N7O2. The molecule has 2 aromatic rings. The lowest BCUT2D eigenvalue weighted by Gasteiger charge is -2.18. The van der Waals surface area contributed by atoms with E-state index >= 15 is 0 Å². The molecule has 0 aromatic carbocycles. The number of carbonyl (C=O) groups is 1. The van der Waals surface area contributed by atoms with Crippen LogP contribution in [0.5, 0.6) is 0 Å². The Labute approximate surface area is 146 Å². The molecule has 9 heteroatoms. The van der Waals surface area contributed by atoms with Crippen LogP contribution in [0.15, 0.2) is 4.52 Å². The van der Waals surface area contributed by atoms with Crippen molar-refractivity contribution in [1.29, 1.82) is 0 Å². The molecule has 2 aromatic heterocycles. The topological polar surface area (TPSA) is 93.2 Å². The van der Waals surface area contributed by atoms with Crippen molar-refractivity contribution in [1.82, 2.24) is 34.7 Å². The summed E-state index contributed by atoms with van der Waals surface area (Å²) in [6.45, 7) is 6.91. The summed E-state index contributed by atoms with van der Waals surface area (Å²) < 4.78 is 7.24. The van der Waals surface area contributed by atoms with E-state index in [1.165, 1.54) is 12.8 Å². The fourth-order valence-corrected chi connectivity index (χ4v) is 3.54. The van der Waals surface area contributed by atoms with Crippen molar-refractivity contribution >= 4 is 5.91 Å². The standard InChI is InChI=1S/C16H23N7O2/c1-12-17-15(25-20-12)9-16(24)22-7-4-8-23-13(18-19-14(23)11-22)10-21-5-2-3-6-21/h2-11H2,1H3. The van der Waals surface area contributed by atoms with Gasteiger partial charge in [-0.3, -0.25) is 9.69 Å². The van der Waals surface area contributed by atoms with E-state index < -0.39 is 0 Å². The summed E-state index contributed by atoms with van der Waals surface area (Å²) >= 11 is 0. The fraction of sp³-hybridized carbons (Fsp3) is 0.688. The van der Waals surface area contributed by atoms with Crippen molar-refractivity contribution in [2.45, 2.75) is 52.2 Å². The van der Waals surface area contributed by atoms with Gasteiger partial charge in [-0.15, -0.1) is 10.2 Å². The molecule has 0 atom stereocenters. The summed E-state index contributed by atoms with van der Waals surface area (Å²) in [7, 11) is 0. The first kappa shape index (κ1) is 16.2. The SMILES string of the molecule is Cc1noc(CC(=O)N2CCCn3c(CN4CCCC4)nnc3C2)n1. The first-order valence-electron chi connectivity index (χ1n) is 8.89. The van der Waals surface area contributed by atoms with Crippen LogP contribution in [-0.4, -0.2) is 60.2 Å². The van der Waals surface area contributed by atoms with E-state index in [0.29, 0.717) is 24.8 Å². The van der Waals surface area contributed by atoms with Crippen LogP contribution in [0.2, 0.25) is 0 Å². The van der Waals surface area contributed by atoms with Gasteiger partial charge in [0.2, 0.25) is 11.8 Å². The molecule has 2 aliphatic rings. The second-order valence-corrected chi connectivity index (χ2v) is 6.75. The van der Waals surface area contributed by atoms with Crippen LogP contribution in [0.4, 0.5) is 0 Å². The number of carbonyl (C=O) groups excluding carboxylic acids is 1. The van der Waals surface area contributed by atoms with E-state index in [9.17, 15) is 4.79 Å². The summed E-state index contributed by atoms with van der Waals surface area (Å²) in [6.07, 6.45) is 3.55. The van der Waals surface area contributed by atoms with Crippen LogP contribution in [0.25, 0.3) is 0 Å². The minimum atomic E-state index is -0.0128. The lowest BCUT2D eigenvalue weighted by atomic mass is 10.3. The van der Waals surface area contributed by atoms with Gasteiger partial charge in [0.05, 0.1) is 13.1 Å². The number of hydrogen-bond donors (Lipinski definition) is 0. The lowest BCUT2D eigenvalue weighted by Crippen LogP contribution is -2.32. The third kappa shape index (κ3) is 3.55. The van der Waals surface area contributed by atoms with E-state index in [4.69, 9.17) is 4.52 Å². The molecule has 0 radical (unpaired) electrons. The second kappa shape index (κ2) is 6.91. The molecule has 1 amide bonds. The summed E-state index contributed by atoms with van der Waals surface area (Å²) in [5, 5.41) is 12.5. The van der Waals surface area contributed by atoms with Crippen molar-refractivity contribution in [2.24, 2.45) is 0 Å². The molecule has 25 heavy (non-hydrogen) atoms. The molecule has 9 nitrogen and oxygen atoms in total. The zero-order chi connectivity index (χ0) is 17.2. The van der Waals surface area contributed by atoms with Crippen LogP contribution in [0, 0.1) is 6.92 Å². The Balaban J connectivity index is 1.44.